The molecule has 3 heteroatoms. The highest BCUT2D eigenvalue weighted by molar-refractivity contribution is 6.25. The van der Waals surface area contributed by atoms with Crippen LogP contribution in [0.1, 0.15) is 0 Å². The fraction of sp³-hybridized carbons (Fsp3) is 0. The molecular weight excluding hydrogens is 583 g/mol. The topological polar surface area (TPSA) is 38.7 Å². The first-order chi connectivity index (χ1) is 23.8. The molecule has 2 aromatic heterocycles. The first-order valence-electron chi connectivity index (χ1n) is 16.2. The minimum Gasteiger partial charge on any atom is -0.264 e. The second-order valence-electron chi connectivity index (χ2n) is 12.1. The zero-order chi connectivity index (χ0) is 31.9. The molecule has 0 saturated heterocycles. The van der Waals surface area contributed by atoms with Gasteiger partial charge in [0.15, 0.2) is 5.82 Å². The highest BCUT2D eigenvalue weighted by Gasteiger charge is 2.15. The van der Waals surface area contributed by atoms with Crippen molar-refractivity contribution in [3.63, 3.8) is 0 Å². The third-order valence-corrected chi connectivity index (χ3v) is 9.15. The number of aromatic nitrogens is 3. The van der Waals surface area contributed by atoms with Crippen LogP contribution in [-0.4, -0.2) is 15.0 Å². The highest BCUT2D eigenvalue weighted by Crippen LogP contribution is 2.38. The second kappa shape index (κ2) is 11.7. The summed E-state index contributed by atoms with van der Waals surface area (Å²) in [6, 6.07) is 57.8. The van der Waals surface area contributed by atoms with Crippen LogP contribution < -0.4 is 0 Å². The van der Waals surface area contributed by atoms with Crippen LogP contribution in [0.15, 0.2) is 176 Å². The van der Waals surface area contributed by atoms with Crippen molar-refractivity contribution in [2.45, 2.75) is 0 Å². The third kappa shape index (κ3) is 4.99. The van der Waals surface area contributed by atoms with Crippen LogP contribution in [0.4, 0.5) is 0 Å². The van der Waals surface area contributed by atoms with Crippen molar-refractivity contribution in [3.8, 4) is 56.2 Å². The number of rotatable bonds is 5. The third-order valence-electron chi connectivity index (χ3n) is 9.15. The fourth-order valence-corrected chi connectivity index (χ4v) is 6.80. The number of benzene rings is 7. The van der Waals surface area contributed by atoms with Gasteiger partial charge in [0, 0.05) is 34.6 Å². The van der Waals surface area contributed by atoms with Crippen molar-refractivity contribution in [3.05, 3.63) is 176 Å². The van der Waals surface area contributed by atoms with Crippen molar-refractivity contribution in [1.29, 1.82) is 0 Å². The van der Waals surface area contributed by atoms with Crippen LogP contribution >= 0.6 is 0 Å². The van der Waals surface area contributed by atoms with E-state index < -0.39 is 0 Å². The molecule has 0 amide bonds. The van der Waals surface area contributed by atoms with Gasteiger partial charge in [-0.1, -0.05) is 133 Å². The van der Waals surface area contributed by atoms with Gasteiger partial charge >= 0.3 is 0 Å². The number of pyridine rings is 1. The number of hydrogen-bond acceptors (Lipinski definition) is 3. The smallest absolute Gasteiger partial charge is 0.160 e. The van der Waals surface area contributed by atoms with Crippen molar-refractivity contribution >= 4 is 32.3 Å². The van der Waals surface area contributed by atoms with Crippen LogP contribution in [0, 0.1) is 0 Å². The van der Waals surface area contributed by atoms with Crippen LogP contribution in [0.25, 0.3) is 88.5 Å². The Balaban J connectivity index is 1.26. The quantitative estimate of drug-likeness (QED) is 0.182. The highest BCUT2D eigenvalue weighted by atomic mass is 14.9. The Morgan fingerprint density at radius 1 is 0.292 bits per heavy atom. The minimum atomic E-state index is 0.693. The average molecular weight is 612 g/mol. The molecule has 9 rings (SSSR count). The Kier molecular flexibility index (Phi) is 6.80. The summed E-state index contributed by atoms with van der Waals surface area (Å²) in [5, 5.41) is 7.41. The van der Waals surface area contributed by atoms with Gasteiger partial charge < -0.3 is 0 Å². The monoisotopic (exact) mass is 611 g/mol. The molecule has 0 aliphatic rings. The van der Waals surface area contributed by atoms with E-state index in [4.69, 9.17) is 9.97 Å². The van der Waals surface area contributed by atoms with Crippen LogP contribution in [0.2, 0.25) is 0 Å². The molecule has 7 aromatic carbocycles. The Morgan fingerprint density at radius 3 is 1.40 bits per heavy atom. The van der Waals surface area contributed by atoms with E-state index in [2.05, 4.69) is 157 Å². The second-order valence-corrected chi connectivity index (χ2v) is 12.1. The lowest BCUT2D eigenvalue weighted by atomic mass is 9.93. The summed E-state index contributed by atoms with van der Waals surface area (Å²) in [5.41, 5.74) is 9.28. The molecule has 0 bridgehead atoms. The van der Waals surface area contributed by atoms with Gasteiger partial charge in [-0.15, -0.1) is 0 Å². The van der Waals surface area contributed by atoms with Crippen molar-refractivity contribution in [1.82, 2.24) is 15.0 Å². The van der Waals surface area contributed by atoms with Gasteiger partial charge in [0.2, 0.25) is 0 Å². The van der Waals surface area contributed by atoms with Crippen molar-refractivity contribution in [2.75, 3.05) is 0 Å². The Bertz CT molecular complexity index is 2470. The van der Waals surface area contributed by atoms with E-state index in [1.54, 1.807) is 6.20 Å². The molecule has 0 fully saturated rings. The number of hydrogen-bond donors (Lipinski definition) is 0. The van der Waals surface area contributed by atoms with Crippen molar-refractivity contribution in [2.24, 2.45) is 0 Å². The Hall–Kier alpha value is -6.45. The zero-order valence-electron chi connectivity index (χ0n) is 26.1. The lowest BCUT2D eigenvalue weighted by Crippen LogP contribution is -1.97. The number of fused-ring (bicyclic) bond motifs is 6. The standard InChI is InChI=1S/C45H29N3/c1-2-11-30(12-3-1)31-13-8-15-33(25-31)43-28-44(34-16-9-14-32(26-34)36-17-10-24-46-29-36)48-45(47-43)35-22-23-41-39-20-5-4-18-37(39)38-19-6-7-21-40(38)42(41)27-35/h1-29H. The van der Waals surface area contributed by atoms with Crippen LogP contribution in [0.5, 0.6) is 0 Å². The lowest BCUT2D eigenvalue weighted by molar-refractivity contribution is 1.18. The van der Waals surface area contributed by atoms with E-state index in [1.807, 2.05) is 18.3 Å². The van der Waals surface area contributed by atoms with Gasteiger partial charge in [-0.25, -0.2) is 9.97 Å². The van der Waals surface area contributed by atoms with E-state index in [0.29, 0.717) is 5.82 Å². The van der Waals surface area contributed by atoms with Gasteiger partial charge in [0.1, 0.15) is 0 Å². The summed E-state index contributed by atoms with van der Waals surface area (Å²) in [6.07, 6.45) is 3.70. The maximum Gasteiger partial charge on any atom is 0.160 e. The summed E-state index contributed by atoms with van der Waals surface area (Å²) < 4.78 is 0. The van der Waals surface area contributed by atoms with Crippen LogP contribution in [-0.2, 0) is 0 Å². The summed E-state index contributed by atoms with van der Waals surface area (Å²) >= 11 is 0. The molecule has 48 heavy (non-hydrogen) atoms. The Morgan fingerprint density at radius 2 is 0.792 bits per heavy atom. The van der Waals surface area contributed by atoms with Crippen molar-refractivity contribution < 1.29 is 0 Å². The molecule has 2 heterocycles. The SMILES string of the molecule is c1ccc(-c2cccc(-c3cc(-c4cccc(-c5cccnc5)c4)nc(-c4ccc5c6ccccc6c6ccccc6c5c4)n3)c2)cc1. The van der Waals surface area contributed by atoms with Gasteiger partial charge in [-0.05, 0) is 79.3 Å². The first kappa shape index (κ1) is 27.8. The predicted molar refractivity (Wildman–Crippen MR) is 200 cm³/mol. The molecule has 0 saturated carbocycles. The lowest BCUT2D eigenvalue weighted by Gasteiger charge is -2.13. The number of nitrogens with zero attached hydrogens (tertiary/aromatic N) is 3. The largest absolute Gasteiger partial charge is 0.264 e. The molecule has 0 unspecified atom stereocenters. The molecular formula is C45H29N3. The van der Waals surface area contributed by atoms with E-state index in [1.165, 1.54) is 37.9 Å². The van der Waals surface area contributed by atoms with E-state index >= 15 is 0 Å². The van der Waals surface area contributed by atoms with E-state index in [9.17, 15) is 0 Å². The zero-order valence-corrected chi connectivity index (χ0v) is 26.1. The predicted octanol–water partition coefficient (Wildman–Crippen LogP) is 11.7. The van der Waals surface area contributed by atoms with Gasteiger partial charge in [-0.3, -0.25) is 4.98 Å². The fourth-order valence-electron chi connectivity index (χ4n) is 6.80. The molecule has 0 N–H and O–H groups in total. The average Bonchev–Trinajstić information content (AvgIpc) is 3.18. The maximum absolute atomic E-state index is 5.24. The minimum absolute atomic E-state index is 0.693. The molecule has 0 spiro atoms. The summed E-state index contributed by atoms with van der Waals surface area (Å²) in [5.74, 6) is 0.693. The van der Waals surface area contributed by atoms with Crippen LogP contribution in [0.3, 0.4) is 0 Å². The molecule has 0 radical (unpaired) electrons. The summed E-state index contributed by atoms with van der Waals surface area (Å²) in [7, 11) is 0. The first-order valence-corrected chi connectivity index (χ1v) is 16.2. The molecule has 0 aliphatic heterocycles. The Labute approximate surface area is 278 Å². The van der Waals surface area contributed by atoms with Gasteiger partial charge in [0.25, 0.3) is 0 Å². The van der Waals surface area contributed by atoms with E-state index in [-0.39, 0.29) is 0 Å². The van der Waals surface area contributed by atoms with Gasteiger partial charge in [-0.2, -0.15) is 0 Å². The van der Waals surface area contributed by atoms with Gasteiger partial charge in [0.05, 0.1) is 11.4 Å². The molecule has 9 aromatic rings. The van der Waals surface area contributed by atoms with E-state index in [0.717, 1.165) is 44.8 Å². The molecule has 0 atom stereocenters. The normalized spacial score (nSPS) is 11.3. The molecule has 224 valence electrons. The summed E-state index contributed by atoms with van der Waals surface area (Å²) in [4.78, 5) is 14.8. The maximum atomic E-state index is 5.24. The molecule has 3 nitrogen and oxygen atoms in total. The summed E-state index contributed by atoms with van der Waals surface area (Å²) in [6.45, 7) is 0. The molecule has 0 aliphatic carbocycles.